The third kappa shape index (κ3) is 3.14. The Kier molecular flexibility index (Phi) is 4.23. The van der Waals surface area contributed by atoms with E-state index in [0.717, 1.165) is 25.7 Å². The molecule has 0 saturated heterocycles. The molecule has 1 fully saturated rings. The predicted molar refractivity (Wildman–Crippen MR) is 73.8 cm³/mol. The van der Waals surface area contributed by atoms with E-state index in [4.69, 9.17) is 5.26 Å². The first-order valence-corrected chi connectivity index (χ1v) is 8.09. The van der Waals surface area contributed by atoms with Crippen LogP contribution >= 0.6 is 0 Å². The van der Waals surface area contributed by atoms with E-state index in [1.54, 1.807) is 31.3 Å². The van der Waals surface area contributed by atoms with Crippen LogP contribution in [0.5, 0.6) is 0 Å². The van der Waals surface area contributed by atoms with Crippen molar-refractivity contribution in [3.8, 4) is 6.07 Å². The minimum absolute atomic E-state index is 0.0935. The fraction of sp³-hybridized carbons (Fsp3) is 0.500. The van der Waals surface area contributed by atoms with Gasteiger partial charge in [0.1, 0.15) is 0 Å². The highest BCUT2D eigenvalue weighted by Gasteiger charge is 2.29. The van der Waals surface area contributed by atoms with E-state index >= 15 is 0 Å². The molecule has 0 amide bonds. The Hall–Kier alpha value is -1.38. The number of sulfonamides is 1. The molecule has 0 aliphatic heterocycles. The van der Waals surface area contributed by atoms with Gasteiger partial charge in [0.25, 0.3) is 0 Å². The van der Waals surface area contributed by atoms with Gasteiger partial charge in [-0.05, 0) is 24.5 Å². The zero-order valence-electron chi connectivity index (χ0n) is 11.0. The lowest BCUT2D eigenvalue weighted by molar-refractivity contribution is 0.372. The van der Waals surface area contributed by atoms with E-state index in [1.165, 1.54) is 4.31 Å². The standard InChI is InChI=1S/C14H18N2O2S/c1-16(14-8-4-5-9-14)19(17,18)11-13-7-3-2-6-12(13)10-15/h2-3,6-7,14H,4-5,8-9,11H2,1H3. The van der Waals surface area contributed by atoms with Crippen LogP contribution in [0, 0.1) is 11.3 Å². The molecule has 0 spiro atoms. The molecule has 1 saturated carbocycles. The summed E-state index contributed by atoms with van der Waals surface area (Å²) in [4.78, 5) is 0. The molecule has 0 heterocycles. The van der Waals surface area contributed by atoms with Crippen LogP contribution in [0.1, 0.15) is 36.8 Å². The lowest BCUT2D eigenvalue weighted by Gasteiger charge is -2.23. The maximum atomic E-state index is 12.4. The maximum Gasteiger partial charge on any atom is 0.218 e. The Morgan fingerprint density at radius 1 is 1.32 bits per heavy atom. The predicted octanol–water partition coefficient (Wildman–Crippen LogP) is 2.26. The van der Waals surface area contributed by atoms with Crippen molar-refractivity contribution in [2.45, 2.75) is 37.5 Å². The second-order valence-corrected chi connectivity index (χ2v) is 7.01. The van der Waals surface area contributed by atoms with E-state index in [1.807, 2.05) is 6.07 Å². The number of benzene rings is 1. The summed E-state index contributed by atoms with van der Waals surface area (Å²) in [6, 6.07) is 9.04. The van der Waals surface area contributed by atoms with Crippen molar-refractivity contribution in [1.29, 1.82) is 5.26 Å². The van der Waals surface area contributed by atoms with Crippen molar-refractivity contribution < 1.29 is 8.42 Å². The maximum absolute atomic E-state index is 12.4. The summed E-state index contributed by atoms with van der Waals surface area (Å²) < 4.78 is 26.2. The molecule has 5 heteroatoms. The fourth-order valence-corrected chi connectivity index (χ4v) is 4.06. The topological polar surface area (TPSA) is 61.2 Å². The molecule has 1 aromatic carbocycles. The summed E-state index contributed by atoms with van der Waals surface area (Å²) >= 11 is 0. The van der Waals surface area contributed by atoms with Crippen LogP contribution in [-0.4, -0.2) is 25.8 Å². The molecular formula is C14H18N2O2S. The molecule has 1 aliphatic rings. The van der Waals surface area contributed by atoms with Crippen LogP contribution in [0.25, 0.3) is 0 Å². The third-order valence-corrected chi connectivity index (χ3v) is 5.60. The highest BCUT2D eigenvalue weighted by atomic mass is 32.2. The Morgan fingerprint density at radius 2 is 1.95 bits per heavy atom. The molecule has 1 aliphatic carbocycles. The molecule has 0 radical (unpaired) electrons. The van der Waals surface area contributed by atoms with Crippen LogP contribution < -0.4 is 0 Å². The van der Waals surface area contributed by atoms with Crippen molar-refractivity contribution in [3.05, 3.63) is 35.4 Å². The van der Waals surface area contributed by atoms with Gasteiger partial charge >= 0.3 is 0 Å². The van der Waals surface area contributed by atoms with Crippen LogP contribution in [0.3, 0.4) is 0 Å². The average Bonchev–Trinajstić information content (AvgIpc) is 2.91. The van der Waals surface area contributed by atoms with E-state index in [9.17, 15) is 8.42 Å². The molecule has 0 atom stereocenters. The van der Waals surface area contributed by atoms with E-state index in [0.29, 0.717) is 11.1 Å². The summed E-state index contributed by atoms with van der Waals surface area (Å²) in [5.41, 5.74) is 1.01. The summed E-state index contributed by atoms with van der Waals surface area (Å²) in [5.74, 6) is -0.0935. The van der Waals surface area contributed by atoms with Crippen LogP contribution in [0.2, 0.25) is 0 Å². The van der Waals surface area contributed by atoms with Gasteiger partial charge in [-0.1, -0.05) is 31.0 Å². The molecule has 0 N–H and O–H groups in total. The SMILES string of the molecule is CN(C1CCCC1)S(=O)(=O)Cc1ccccc1C#N. The molecule has 102 valence electrons. The van der Waals surface area contributed by atoms with Crippen molar-refractivity contribution in [2.75, 3.05) is 7.05 Å². The Balaban J connectivity index is 2.19. The number of hydrogen-bond acceptors (Lipinski definition) is 3. The van der Waals surface area contributed by atoms with Gasteiger partial charge in [0.05, 0.1) is 17.4 Å². The first-order chi connectivity index (χ1) is 9.04. The minimum Gasteiger partial charge on any atom is -0.212 e. The van der Waals surface area contributed by atoms with Gasteiger partial charge in [-0.2, -0.15) is 5.26 Å². The zero-order chi connectivity index (χ0) is 13.9. The highest BCUT2D eigenvalue weighted by Crippen LogP contribution is 2.26. The summed E-state index contributed by atoms with van der Waals surface area (Å²) in [6.07, 6.45) is 4.07. The van der Waals surface area contributed by atoms with Gasteiger partial charge < -0.3 is 0 Å². The van der Waals surface area contributed by atoms with Gasteiger partial charge in [-0.15, -0.1) is 0 Å². The average molecular weight is 278 g/mol. The van der Waals surface area contributed by atoms with Gasteiger partial charge in [0.2, 0.25) is 10.0 Å². The molecular weight excluding hydrogens is 260 g/mol. The van der Waals surface area contributed by atoms with Crippen LogP contribution in [0.4, 0.5) is 0 Å². The Labute approximate surface area is 114 Å². The Bertz CT molecular complexity index is 584. The van der Waals surface area contributed by atoms with Gasteiger partial charge in [0, 0.05) is 13.1 Å². The summed E-state index contributed by atoms with van der Waals surface area (Å²) in [5, 5.41) is 9.01. The van der Waals surface area contributed by atoms with E-state index in [2.05, 4.69) is 0 Å². The summed E-state index contributed by atoms with van der Waals surface area (Å²) in [7, 11) is -1.69. The lowest BCUT2D eigenvalue weighted by Crippen LogP contribution is -2.36. The largest absolute Gasteiger partial charge is 0.218 e. The second-order valence-electron chi connectivity index (χ2n) is 4.98. The molecule has 19 heavy (non-hydrogen) atoms. The highest BCUT2D eigenvalue weighted by molar-refractivity contribution is 7.88. The van der Waals surface area contributed by atoms with Crippen LogP contribution in [-0.2, 0) is 15.8 Å². The normalized spacial score (nSPS) is 16.7. The fourth-order valence-electron chi connectivity index (χ4n) is 2.55. The Morgan fingerprint density at radius 3 is 2.58 bits per heavy atom. The summed E-state index contributed by atoms with van der Waals surface area (Å²) in [6.45, 7) is 0. The quantitative estimate of drug-likeness (QED) is 0.848. The van der Waals surface area contributed by atoms with Crippen molar-refractivity contribution in [3.63, 3.8) is 0 Å². The molecule has 2 rings (SSSR count). The second kappa shape index (κ2) is 5.72. The van der Waals surface area contributed by atoms with Crippen molar-refractivity contribution >= 4 is 10.0 Å². The first-order valence-electron chi connectivity index (χ1n) is 6.48. The van der Waals surface area contributed by atoms with E-state index < -0.39 is 10.0 Å². The van der Waals surface area contributed by atoms with Gasteiger partial charge in [-0.3, -0.25) is 0 Å². The van der Waals surface area contributed by atoms with Gasteiger partial charge in [-0.25, -0.2) is 12.7 Å². The third-order valence-electron chi connectivity index (χ3n) is 3.75. The van der Waals surface area contributed by atoms with E-state index in [-0.39, 0.29) is 11.8 Å². The monoisotopic (exact) mass is 278 g/mol. The molecule has 0 bridgehead atoms. The van der Waals surface area contributed by atoms with Gasteiger partial charge in [0.15, 0.2) is 0 Å². The first kappa shape index (κ1) is 14.0. The number of rotatable bonds is 4. The van der Waals surface area contributed by atoms with Crippen molar-refractivity contribution in [1.82, 2.24) is 4.31 Å². The number of hydrogen-bond donors (Lipinski definition) is 0. The molecule has 1 aromatic rings. The smallest absolute Gasteiger partial charge is 0.212 e. The van der Waals surface area contributed by atoms with Crippen LogP contribution in [0.15, 0.2) is 24.3 Å². The molecule has 0 unspecified atom stereocenters. The molecule has 0 aromatic heterocycles. The molecule has 4 nitrogen and oxygen atoms in total. The zero-order valence-corrected chi connectivity index (χ0v) is 11.9. The minimum atomic E-state index is -3.35. The lowest BCUT2D eigenvalue weighted by atomic mass is 10.1. The number of nitrogens with zero attached hydrogens (tertiary/aromatic N) is 2. The van der Waals surface area contributed by atoms with Crippen molar-refractivity contribution in [2.24, 2.45) is 0 Å². The number of nitriles is 1.